The number of benzene rings is 1. The summed E-state index contributed by atoms with van der Waals surface area (Å²) in [6, 6.07) is 2.13. The van der Waals surface area contributed by atoms with Crippen molar-refractivity contribution in [2.75, 3.05) is 20.8 Å². The van der Waals surface area contributed by atoms with Gasteiger partial charge in [-0.1, -0.05) is 24.4 Å². The maximum atomic E-state index is 6.43. The Morgan fingerprint density at radius 3 is 2.26 bits per heavy atom. The van der Waals surface area contributed by atoms with Crippen LogP contribution in [-0.4, -0.2) is 20.8 Å². The van der Waals surface area contributed by atoms with E-state index in [4.69, 9.17) is 26.8 Å². The highest BCUT2D eigenvalue weighted by molar-refractivity contribution is 6.33. The monoisotopic (exact) mass is 283 g/mol. The van der Waals surface area contributed by atoms with E-state index in [2.05, 4.69) is 6.07 Å². The summed E-state index contributed by atoms with van der Waals surface area (Å²) in [6.07, 6.45) is 4.62. The van der Waals surface area contributed by atoms with Crippen molar-refractivity contribution in [3.63, 3.8) is 0 Å². The van der Waals surface area contributed by atoms with Crippen LogP contribution in [0.1, 0.15) is 36.8 Å². The lowest BCUT2D eigenvalue weighted by Gasteiger charge is -2.31. The quantitative estimate of drug-likeness (QED) is 0.921. The van der Waals surface area contributed by atoms with E-state index < -0.39 is 0 Å². The molecule has 1 aliphatic carbocycles. The predicted molar refractivity (Wildman–Crippen MR) is 78.5 cm³/mol. The zero-order chi connectivity index (χ0) is 14.0. The van der Waals surface area contributed by atoms with Crippen molar-refractivity contribution < 1.29 is 9.47 Å². The Morgan fingerprint density at radius 1 is 1.21 bits per heavy atom. The van der Waals surface area contributed by atoms with Crippen LogP contribution in [0.15, 0.2) is 6.07 Å². The molecule has 0 aromatic heterocycles. The smallest absolute Gasteiger partial charge is 0.145 e. The second kappa shape index (κ2) is 5.59. The fourth-order valence-corrected chi connectivity index (χ4v) is 3.63. The minimum atomic E-state index is 0.00597. The molecule has 1 fully saturated rings. The number of hydrogen-bond donors (Lipinski definition) is 1. The lowest BCUT2D eigenvalue weighted by Crippen LogP contribution is -2.32. The fourth-order valence-electron chi connectivity index (χ4n) is 3.22. The van der Waals surface area contributed by atoms with E-state index in [1.165, 1.54) is 12.8 Å². The van der Waals surface area contributed by atoms with Crippen molar-refractivity contribution in [3.05, 3.63) is 22.2 Å². The third kappa shape index (κ3) is 2.30. The van der Waals surface area contributed by atoms with Gasteiger partial charge in [-0.05, 0) is 31.4 Å². The highest BCUT2D eigenvalue weighted by Gasteiger charge is 2.38. The first-order valence-corrected chi connectivity index (χ1v) is 7.09. The van der Waals surface area contributed by atoms with Crippen LogP contribution in [0, 0.1) is 6.92 Å². The zero-order valence-electron chi connectivity index (χ0n) is 11.9. The van der Waals surface area contributed by atoms with Crippen LogP contribution in [0.2, 0.25) is 5.02 Å². The third-order valence-electron chi connectivity index (χ3n) is 4.29. The van der Waals surface area contributed by atoms with Crippen molar-refractivity contribution in [1.29, 1.82) is 0 Å². The first-order chi connectivity index (χ1) is 9.09. The van der Waals surface area contributed by atoms with Crippen LogP contribution < -0.4 is 15.2 Å². The van der Waals surface area contributed by atoms with E-state index in [1.807, 2.05) is 6.92 Å². The number of methoxy groups -OCH3 is 2. The second-order valence-electron chi connectivity index (χ2n) is 5.31. The van der Waals surface area contributed by atoms with Crippen LogP contribution in [0.5, 0.6) is 11.5 Å². The van der Waals surface area contributed by atoms with E-state index in [9.17, 15) is 0 Å². The molecular formula is C15H22ClNO2. The summed E-state index contributed by atoms with van der Waals surface area (Å²) < 4.78 is 10.9. The van der Waals surface area contributed by atoms with Gasteiger partial charge in [0.25, 0.3) is 0 Å². The number of rotatable bonds is 4. The van der Waals surface area contributed by atoms with Crippen molar-refractivity contribution >= 4 is 11.6 Å². The minimum absolute atomic E-state index is 0.00597. The molecule has 106 valence electrons. The highest BCUT2D eigenvalue weighted by atomic mass is 35.5. The average Bonchev–Trinajstić information content (AvgIpc) is 2.88. The van der Waals surface area contributed by atoms with Crippen molar-refractivity contribution in [2.24, 2.45) is 5.73 Å². The molecule has 1 saturated carbocycles. The lowest BCUT2D eigenvalue weighted by molar-refractivity contribution is 0.367. The molecule has 0 bridgehead atoms. The van der Waals surface area contributed by atoms with Crippen LogP contribution in [-0.2, 0) is 5.41 Å². The SMILES string of the molecule is COc1c(C)cc(C2(CN)CCCC2)c(OC)c1Cl. The number of nitrogens with two attached hydrogens (primary N) is 1. The van der Waals surface area contributed by atoms with Crippen LogP contribution in [0.25, 0.3) is 0 Å². The molecule has 1 aromatic carbocycles. The maximum absolute atomic E-state index is 6.43. The highest BCUT2D eigenvalue weighted by Crippen LogP contribution is 2.49. The zero-order valence-corrected chi connectivity index (χ0v) is 12.6. The largest absolute Gasteiger partial charge is 0.495 e. The Hall–Kier alpha value is -0.930. The van der Waals surface area contributed by atoms with Gasteiger partial charge in [0.1, 0.15) is 16.5 Å². The summed E-state index contributed by atoms with van der Waals surface area (Å²) in [4.78, 5) is 0. The Kier molecular flexibility index (Phi) is 4.26. The van der Waals surface area contributed by atoms with Gasteiger partial charge >= 0.3 is 0 Å². The summed E-state index contributed by atoms with van der Waals surface area (Å²) in [5.74, 6) is 1.41. The molecule has 3 nitrogen and oxygen atoms in total. The Labute approximate surface area is 120 Å². The van der Waals surface area contributed by atoms with Crippen LogP contribution in [0.4, 0.5) is 0 Å². The van der Waals surface area contributed by atoms with Crippen molar-refractivity contribution in [2.45, 2.75) is 38.0 Å². The van der Waals surface area contributed by atoms with E-state index >= 15 is 0 Å². The van der Waals surface area contributed by atoms with E-state index in [0.717, 1.165) is 29.7 Å². The van der Waals surface area contributed by atoms with Gasteiger partial charge in [-0.3, -0.25) is 0 Å². The molecule has 0 atom stereocenters. The Balaban J connectivity index is 2.62. The van der Waals surface area contributed by atoms with Gasteiger partial charge in [-0.15, -0.1) is 0 Å². The molecule has 1 aliphatic rings. The summed E-state index contributed by atoms with van der Waals surface area (Å²) >= 11 is 6.43. The minimum Gasteiger partial charge on any atom is -0.495 e. The molecular weight excluding hydrogens is 262 g/mol. The summed E-state index contributed by atoms with van der Waals surface area (Å²) in [5, 5.41) is 0.555. The molecule has 0 saturated heterocycles. The molecule has 0 spiro atoms. The first kappa shape index (κ1) is 14.5. The van der Waals surface area contributed by atoms with Gasteiger partial charge in [-0.25, -0.2) is 0 Å². The molecule has 0 amide bonds. The summed E-state index contributed by atoms with van der Waals surface area (Å²) in [5.41, 5.74) is 8.24. The normalized spacial score (nSPS) is 17.5. The Morgan fingerprint density at radius 2 is 1.79 bits per heavy atom. The van der Waals surface area contributed by atoms with Gasteiger partial charge in [0, 0.05) is 17.5 Å². The van der Waals surface area contributed by atoms with Gasteiger partial charge in [0.2, 0.25) is 0 Å². The maximum Gasteiger partial charge on any atom is 0.145 e. The van der Waals surface area contributed by atoms with Crippen molar-refractivity contribution in [1.82, 2.24) is 0 Å². The molecule has 0 heterocycles. The molecule has 2 rings (SSSR count). The number of aryl methyl sites for hydroxylation is 1. The fraction of sp³-hybridized carbons (Fsp3) is 0.600. The van der Waals surface area contributed by atoms with E-state index in [1.54, 1.807) is 14.2 Å². The summed E-state index contributed by atoms with van der Waals surface area (Å²) in [6.45, 7) is 2.64. The molecule has 1 aromatic rings. The lowest BCUT2D eigenvalue weighted by atomic mass is 9.78. The topological polar surface area (TPSA) is 44.5 Å². The van der Waals surface area contributed by atoms with Crippen molar-refractivity contribution in [3.8, 4) is 11.5 Å². The molecule has 0 unspecified atom stereocenters. The van der Waals surface area contributed by atoms with Gasteiger partial charge in [0.15, 0.2) is 0 Å². The second-order valence-corrected chi connectivity index (χ2v) is 5.69. The molecule has 0 aliphatic heterocycles. The van der Waals surface area contributed by atoms with Crippen LogP contribution in [0.3, 0.4) is 0 Å². The summed E-state index contributed by atoms with van der Waals surface area (Å²) in [7, 11) is 3.28. The number of halogens is 1. The van der Waals surface area contributed by atoms with Gasteiger partial charge in [-0.2, -0.15) is 0 Å². The van der Waals surface area contributed by atoms with Gasteiger partial charge in [0.05, 0.1) is 14.2 Å². The molecule has 0 radical (unpaired) electrons. The molecule has 4 heteroatoms. The average molecular weight is 284 g/mol. The molecule has 2 N–H and O–H groups in total. The van der Waals surface area contributed by atoms with E-state index in [0.29, 0.717) is 17.3 Å². The third-order valence-corrected chi connectivity index (χ3v) is 4.64. The first-order valence-electron chi connectivity index (χ1n) is 6.71. The van der Waals surface area contributed by atoms with Gasteiger partial charge < -0.3 is 15.2 Å². The Bertz CT molecular complexity index is 468. The molecule has 19 heavy (non-hydrogen) atoms. The van der Waals surface area contributed by atoms with E-state index in [-0.39, 0.29) is 5.41 Å². The van der Waals surface area contributed by atoms with Crippen LogP contribution >= 0.6 is 11.6 Å². The number of ether oxygens (including phenoxy) is 2. The standard InChI is InChI=1S/C15H22ClNO2/c1-10-8-11(15(9-17)6-4-5-7-15)14(19-3)12(16)13(10)18-2/h8H,4-7,9,17H2,1-3H3. The predicted octanol–water partition coefficient (Wildman–Crippen LogP) is 3.44. The number of hydrogen-bond acceptors (Lipinski definition) is 3.